The van der Waals surface area contributed by atoms with Crippen LogP contribution in [0, 0.1) is 0 Å². The van der Waals surface area contributed by atoms with Gasteiger partial charge in [0, 0.05) is 12.1 Å². The van der Waals surface area contributed by atoms with Gasteiger partial charge in [0.05, 0.1) is 11.4 Å². The molecule has 1 aromatic rings. The Morgan fingerprint density at radius 2 is 2.00 bits per heavy atom. The molecular formula is C18H28N4O2. The van der Waals surface area contributed by atoms with Crippen LogP contribution in [0.1, 0.15) is 43.5 Å². The predicted molar refractivity (Wildman–Crippen MR) is 97.5 cm³/mol. The molecule has 2 rings (SSSR count). The number of hydrogen-bond acceptors (Lipinski definition) is 4. The van der Waals surface area contributed by atoms with Crippen molar-refractivity contribution in [3.05, 3.63) is 23.8 Å². The van der Waals surface area contributed by atoms with Gasteiger partial charge in [-0.05, 0) is 58.1 Å². The number of carbonyl (C=O) groups is 2. The maximum atomic E-state index is 12.2. The molecule has 1 atom stereocenters. The summed E-state index contributed by atoms with van der Waals surface area (Å²) in [5.74, 6) is -0.197. The molecule has 0 aromatic heterocycles. The number of unbranched alkanes of at least 4 members (excludes halogenated alkanes) is 1. The van der Waals surface area contributed by atoms with Crippen molar-refractivity contribution in [3.8, 4) is 0 Å². The van der Waals surface area contributed by atoms with Gasteiger partial charge in [-0.15, -0.1) is 0 Å². The Labute approximate surface area is 144 Å². The molecule has 0 saturated carbocycles. The predicted octanol–water partition coefficient (Wildman–Crippen LogP) is 2.29. The number of fused-ring (bicyclic) bond motifs is 1. The maximum absolute atomic E-state index is 12.2. The number of amides is 2. The minimum Gasteiger partial charge on any atom is -0.372 e. The molecule has 1 heterocycles. The van der Waals surface area contributed by atoms with Crippen molar-refractivity contribution in [2.45, 2.75) is 39.2 Å². The summed E-state index contributed by atoms with van der Waals surface area (Å²) in [7, 11) is 2.11. The first-order valence-electron chi connectivity index (χ1n) is 8.69. The van der Waals surface area contributed by atoms with Gasteiger partial charge in [0.1, 0.15) is 6.04 Å². The smallest absolute Gasteiger partial charge is 0.251 e. The Morgan fingerprint density at radius 3 is 2.75 bits per heavy atom. The van der Waals surface area contributed by atoms with E-state index in [1.165, 1.54) is 12.8 Å². The molecule has 6 nitrogen and oxygen atoms in total. The van der Waals surface area contributed by atoms with Crippen molar-refractivity contribution in [1.82, 2.24) is 10.2 Å². The molecule has 0 radical (unpaired) electrons. The summed E-state index contributed by atoms with van der Waals surface area (Å²) in [6, 6.07) is 5.06. The standard InChI is InChI=1S/C18H28N4O2/c1-4-5-10-22(3)11-6-9-19-18(24)14-7-8-15-16(12-14)21-17(23)13(2)20-15/h7-8,12-13,20H,4-6,9-11H2,1-3H3,(H,19,24)(H,21,23). The zero-order valence-electron chi connectivity index (χ0n) is 14.8. The van der Waals surface area contributed by atoms with E-state index in [1.807, 2.05) is 6.07 Å². The average Bonchev–Trinajstić information content (AvgIpc) is 2.57. The first-order valence-corrected chi connectivity index (χ1v) is 8.69. The molecule has 0 fully saturated rings. The minimum atomic E-state index is -0.262. The molecule has 1 aromatic carbocycles. The molecular weight excluding hydrogens is 304 g/mol. The van der Waals surface area contributed by atoms with E-state index in [4.69, 9.17) is 0 Å². The number of anilines is 2. The summed E-state index contributed by atoms with van der Waals surface area (Å²) in [6.07, 6.45) is 3.33. The normalized spacial score (nSPS) is 16.3. The van der Waals surface area contributed by atoms with Crippen LogP contribution in [0.5, 0.6) is 0 Å². The van der Waals surface area contributed by atoms with Gasteiger partial charge in [-0.1, -0.05) is 13.3 Å². The monoisotopic (exact) mass is 332 g/mol. The summed E-state index contributed by atoms with van der Waals surface area (Å²) in [5.41, 5.74) is 2.06. The molecule has 3 N–H and O–H groups in total. The summed E-state index contributed by atoms with van der Waals surface area (Å²) in [5, 5.41) is 8.86. The number of nitrogens with zero attached hydrogens (tertiary/aromatic N) is 1. The highest BCUT2D eigenvalue weighted by Crippen LogP contribution is 2.27. The summed E-state index contributed by atoms with van der Waals surface area (Å²) >= 11 is 0. The Morgan fingerprint density at radius 1 is 1.25 bits per heavy atom. The van der Waals surface area contributed by atoms with E-state index < -0.39 is 0 Å². The second kappa shape index (κ2) is 8.68. The van der Waals surface area contributed by atoms with Crippen molar-refractivity contribution in [3.63, 3.8) is 0 Å². The third-order valence-corrected chi connectivity index (χ3v) is 4.20. The number of nitrogens with one attached hydrogen (secondary N) is 3. The Balaban J connectivity index is 1.81. The van der Waals surface area contributed by atoms with Crippen LogP contribution in [0.4, 0.5) is 11.4 Å². The fourth-order valence-corrected chi connectivity index (χ4v) is 2.65. The second-order valence-corrected chi connectivity index (χ2v) is 6.38. The van der Waals surface area contributed by atoms with E-state index in [2.05, 4.69) is 34.8 Å². The average molecular weight is 332 g/mol. The van der Waals surface area contributed by atoms with E-state index in [1.54, 1.807) is 19.1 Å². The van der Waals surface area contributed by atoms with Crippen LogP contribution in [0.25, 0.3) is 0 Å². The third-order valence-electron chi connectivity index (χ3n) is 4.20. The lowest BCUT2D eigenvalue weighted by Gasteiger charge is -2.24. The number of hydrogen-bond donors (Lipinski definition) is 3. The van der Waals surface area contributed by atoms with Gasteiger partial charge in [0.25, 0.3) is 5.91 Å². The Kier molecular flexibility index (Phi) is 6.61. The molecule has 132 valence electrons. The molecule has 1 unspecified atom stereocenters. The van der Waals surface area contributed by atoms with E-state index in [9.17, 15) is 9.59 Å². The van der Waals surface area contributed by atoms with Gasteiger partial charge in [-0.3, -0.25) is 9.59 Å². The maximum Gasteiger partial charge on any atom is 0.251 e. The van der Waals surface area contributed by atoms with Crippen LogP contribution in [-0.2, 0) is 4.79 Å². The topological polar surface area (TPSA) is 73.5 Å². The van der Waals surface area contributed by atoms with Gasteiger partial charge in [-0.25, -0.2) is 0 Å². The second-order valence-electron chi connectivity index (χ2n) is 6.38. The summed E-state index contributed by atoms with van der Waals surface area (Å²) in [6.45, 7) is 6.71. The van der Waals surface area contributed by atoms with Crippen molar-refractivity contribution >= 4 is 23.2 Å². The molecule has 1 aliphatic rings. The summed E-state index contributed by atoms with van der Waals surface area (Å²) in [4.78, 5) is 26.2. The zero-order chi connectivity index (χ0) is 17.5. The zero-order valence-corrected chi connectivity index (χ0v) is 14.8. The lowest BCUT2D eigenvalue weighted by atomic mass is 10.1. The molecule has 24 heavy (non-hydrogen) atoms. The van der Waals surface area contributed by atoms with Crippen LogP contribution in [-0.4, -0.2) is 49.4 Å². The fourth-order valence-electron chi connectivity index (χ4n) is 2.65. The molecule has 0 aliphatic carbocycles. The molecule has 6 heteroatoms. The molecule has 0 saturated heterocycles. The third kappa shape index (κ3) is 4.96. The van der Waals surface area contributed by atoms with E-state index in [0.717, 1.165) is 25.2 Å². The van der Waals surface area contributed by atoms with Crippen LogP contribution in [0.2, 0.25) is 0 Å². The van der Waals surface area contributed by atoms with E-state index >= 15 is 0 Å². The highest BCUT2D eigenvalue weighted by molar-refractivity contribution is 6.05. The highest BCUT2D eigenvalue weighted by Gasteiger charge is 2.22. The Bertz CT molecular complexity index is 588. The minimum absolute atomic E-state index is 0.0878. The quantitative estimate of drug-likeness (QED) is 0.639. The van der Waals surface area contributed by atoms with Crippen LogP contribution < -0.4 is 16.0 Å². The SMILES string of the molecule is CCCCN(C)CCCNC(=O)c1ccc2c(c1)NC(=O)C(C)N2. The van der Waals surface area contributed by atoms with Crippen LogP contribution in [0.3, 0.4) is 0 Å². The molecule has 1 aliphatic heterocycles. The van der Waals surface area contributed by atoms with Gasteiger partial charge in [-0.2, -0.15) is 0 Å². The first kappa shape index (κ1) is 18.3. The highest BCUT2D eigenvalue weighted by atomic mass is 16.2. The van der Waals surface area contributed by atoms with Crippen molar-refractivity contribution < 1.29 is 9.59 Å². The fraction of sp³-hybridized carbons (Fsp3) is 0.556. The van der Waals surface area contributed by atoms with Crippen LogP contribution in [0.15, 0.2) is 18.2 Å². The lowest BCUT2D eigenvalue weighted by molar-refractivity contribution is -0.116. The number of rotatable bonds is 8. The number of carbonyl (C=O) groups excluding carboxylic acids is 2. The van der Waals surface area contributed by atoms with Crippen molar-refractivity contribution in [1.29, 1.82) is 0 Å². The van der Waals surface area contributed by atoms with Gasteiger partial charge in [0.15, 0.2) is 0 Å². The van der Waals surface area contributed by atoms with E-state index in [-0.39, 0.29) is 17.9 Å². The van der Waals surface area contributed by atoms with Crippen molar-refractivity contribution in [2.75, 3.05) is 37.3 Å². The van der Waals surface area contributed by atoms with Crippen molar-refractivity contribution in [2.24, 2.45) is 0 Å². The largest absolute Gasteiger partial charge is 0.372 e. The molecule has 0 bridgehead atoms. The first-order chi connectivity index (χ1) is 11.5. The van der Waals surface area contributed by atoms with Gasteiger partial charge < -0.3 is 20.9 Å². The Hall–Kier alpha value is -2.08. The van der Waals surface area contributed by atoms with Gasteiger partial charge in [0.2, 0.25) is 5.91 Å². The van der Waals surface area contributed by atoms with E-state index in [0.29, 0.717) is 17.8 Å². The summed E-state index contributed by atoms with van der Waals surface area (Å²) < 4.78 is 0. The molecule has 0 spiro atoms. The van der Waals surface area contributed by atoms with Crippen LogP contribution >= 0.6 is 0 Å². The van der Waals surface area contributed by atoms with Gasteiger partial charge >= 0.3 is 0 Å². The lowest BCUT2D eigenvalue weighted by Crippen LogP contribution is -2.36. The molecule has 2 amide bonds. The number of benzene rings is 1.